The molecule has 0 saturated carbocycles. The highest BCUT2D eigenvalue weighted by Gasteiger charge is 2.27. The molecule has 0 spiro atoms. The Morgan fingerprint density at radius 2 is 0.981 bits per heavy atom. The lowest BCUT2D eigenvalue weighted by atomic mass is 10.0. The maximum Gasteiger partial charge on any atom is 0.472 e. The van der Waals surface area contributed by atoms with Crippen molar-refractivity contribution in [3.05, 3.63) is 36.5 Å². The van der Waals surface area contributed by atoms with E-state index in [9.17, 15) is 24.2 Å². The van der Waals surface area contributed by atoms with Gasteiger partial charge in [-0.15, -0.1) is 0 Å². The number of rotatable bonds is 40. The molecular formula is C43H79O10P. The molecule has 3 atom stereocenters. The zero-order chi connectivity index (χ0) is 39.8. The van der Waals surface area contributed by atoms with Crippen molar-refractivity contribution in [2.45, 2.75) is 199 Å². The molecule has 1 unspecified atom stereocenters. The quantitative estimate of drug-likeness (QED) is 0.0237. The summed E-state index contributed by atoms with van der Waals surface area (Å²) in [4.78, 5) is 34.9. The summed E-state index contributed by atoms with van der Waals surface area (Å²) in [5, 5.41) is 18.3. The van der Waals surface area contributed by atoms with Gasteiger partial charge in [-0.3, -0.25) is 18.6 Å². The smallest absolute Gasteiger partial charge is 0.462 e. The number of phosphoric ester groups is 1. The number of allylic oxidation sites excluding steroid dienone is 6. The lowest BCUT2D eigenvalue weighted by Gasteiger charge is -2.20. The van der Waals surface area contributed by atoms with Crippen LogP contribution in [-0.4, -0.2) is 65.7 Å². The van der Waals surface area contributed by atoms with E-state index in [0.29, 0.717) is 19.3 Å². The molecule has 0 fully saturated rings. The van der Waals surface area contributed by atoms with Crippen LogP contribution in [0.1, 0.15) is 187 Å². The Bertz CT molecular complexity index is 999. The summed E-state index contributed by atoms with van der Waals surface area (Å²) < 4.78 is 32.6. The van der Waals surface area contributed by atoms with Gasteiger partial charge in [-0.2, -0.15) is 0 Å². The van der Waals surface area contributed by atoms with Crippen molar-refractivity contribution in [1.82, 2.24) is 0 Å². The number of carbonyl (C=O) groups excluding carboxylic acids is 2. The molecule has 0 aromatic carbocycles. The van der Waals surface area contributed by atoms with Crippen molar-refractivity contribution in [1.29, 1.82) is 0 Å². The molecular weight excluding hydrogens is 707 g/mol. The average molecular weight is 787 g/mol. The van der Waals surface area contributed by atoms with E-state index in [1.807, 2.05) is 6.08 Å². The van der Waals surface area contributed by atoms with E-state index in [1.165, 1.54) is 103 Å². The summed E-state index contributed by atoms with van der Waals surface area (Å²) in [5.41, 5.74) is 0. The zero-order valence-electron chi connectivity index (χ0n) is 34.2. The van der Waals surface area contributed by atoms with Crippen LogP contribution in [0, 0.1) is 0 Å². The van der Waals surface area contributed by atoms with Gasteiger partial charge in [0, 0.05) is 12.8 Å². The topological polar surface area (TPSA) is 149 Å². The van der Waals surface area contributed by atoms with Gasteiger partial charge in [0.05, 0.1) is 19.8 Å². The van der Waals surface area contributed by atoms with Crippen LogP contribution in [0.5, 0.6) is 0 Å². The third-order valence-electron chi connectivity index (χ3n) is 9.05. The number of phosphoric acid groups is 1. The van der Waals surface area contributed by atoms with Crippen molar-refractivity contribution in [2.75, 3.05) is 26.4 Å². The molecule has 316 valence electrons. The third-order valence-corrected chi connectivity index (χ3v) is 10.00. The Hall–Kier alpha value is -1.81. The molecule has 10 nitrogen and oxygen atoms in total. The van der Waals surface area contributed by atoms with Gasteiger partial charge in [0.25, 0.3) is 0 Å². The minimum atomic E-state index is -4.62. The number of aliphatic hydroxyl groups excluding tert-OH is 2. The molecule has 0 bridgehead atoms. The van der Waals surface area contributed by atoms with E-state index >= 15 is 0 Å². The predicted octanol–water partition coefficient (Wildman–Crippen LogP) is 11.2. The normalized spacial score (nSPS) is 14.2. The first-order valence-electron chi connectivity index (χ1n) is 21.4. The number of hydrogen-bond donors (Lipinski definition) is 3. The standard InChI is InChI=1S/C43H79O10P/c1-3-5-7-9-11-13-15-17-19-20-21-23-24-26-28-30-32-34-42(46)50-38-41(39-52-54(48,49)51-37-40(45)36-44)53-43(47)35-33-31-29-27-25-22-18-16-14-12-10-8-6-4-2/h17,19,21,23,26,28,40-41,44-45H,3-16,18,20,22,24-25,27,29-39H2,1-2H3,(H,48,49)/b19-17+,23-21+,28-26+/t40-,41+/m0/s1. The summed E-state index contributed by atoms with van der Waals surface area (Å²) in [5.74, 6) is -0.982. The van der Waals surface area contributed by atoms with Crippen molar-refractivity contribution < 1.29 is 47.8 Å². The second-order valence-corrected chi connectivity index (χ2v) is 15.8. The molecule has 0 heterocycles. The number of carbonyl (C=O) groups is 2. The van der Waals surface area contributed by atoms with Crippen molar-refractivity contribution in [3.8, 4) is 0 Å². The first-order chi connectivity index (χ1) is 26.2. The van der Waals surface area contributed by atoms with Crippen LogP contribution in [0.25, 0.3) is 0 Å². The van der Waals surface area contributed by atoms with Crippen molar-refractivity contribution >= 4 is 19.8 Å². The molecule has 0 aromatic heterocycles. The Morgan fingerprint density at radius 1 is 0.556 bits per heavy atom. The van der Waals surface area contributed by atoms with Gasteiger partial charge in [-0.1, -0.05) is 166 Å². The molecule has 0 aliphatic carbocycles. The molecule has 0 rings (SSSR count). The van der Waals surface area contributed by atoms with Gasteiger partial charge >= 0.3 is 19.8 Å². The summed E-state index contributed by atoms with van der Waals surface area (Å²) in [6, 6.07) is 0. The molecule has 3 N–H and O–H groups in total. The fourth-order valence-corrected chi connectivity index (χ4v) is 6.50. The van der Waals surface area contributed by atoms with Gasteiger partial charge in [0.15, 0.2) is 6.10 Å². The molecule has 0 aromatic rings. The summed E-state index contributed by atoms with van der Waals surface area (Å²) >= 11 is 0. The minimum Gasteiger partial charge on any atom is -0.462 e. The number of esters is 2. The Morgan fingerprint density at radius 3 is 1.50 bits per heavy atom. The Labute approximate surface area is 329 Å². The molecule has 0 radical (unpaired) electrons. The van der Waals surface area contributed by atoms with E-state index in [-0.39, 0.29) is 19.4 Å². The lowest BCUT2D eigenvalue weighted by molar-refractivity contribution is -0.161. The van der Waals surface area contributed by atoms with E-state index < -0.39 is 51.8 Å². The highest BCUT2D eigenvalue weighted by molar-refractivity contribution is 7.47. The van der Waals surface area contributed by atoms with E-state index in [4.69, 9.17) is 19.1 Å². The van der Waals surface area contributed by atoms with Crippen LogP contribution in [0.2, 0.25) is 0 Å². The minimum absolute atomic E-state index is 0.171. The second kappa shape index (κ2) is 39.4. The molecule has 11 heteroatoms. The number of ether oxygens (including phenoxy) is 2. The first-order valence-corrected chi connectivity index (χ1v) is 22.9. The van der Waals surface area contributed by atoms with Gasteiger partial charge in [-0.05, 0) is 44.9 Å². The lowest BCUT2D eigenvalue weighted by Crippen LogP contribution is -2.29. The van der Waals surface area contributed by atoms with Crippen molar-refractivity contribution in [2.24, 2.45) is 0 Å². The van der Waals surface area contributed by atoms with E-state index in [2.05, 4.69) is 48.8 Å². The predicted molar refractivity (Wildman–Crippen MR) is 219 cm³/mol. The van der Waals surface area contributed by atoms with Crippen molar-refractivity contribution in [3.63, 3.8) is 0 Å². The van der Waals surface area contributed by atoms with Gasteiger partial charge in [-0.25, -0.2) is 4.57 Å². The van der Waals surface area contributed by atoms with Crippen LogP contribution in [0.3, 0.4) is 0 Å². The fraction of sp³-hybridized carbons (Fsp3) is 0.814. The van der Waals surface area contributed by atoms with Gasteiger partial charge in [0.2, 0.25) is 0 Å². The highest BCUT2D eigenvalue weighted by Crippen LogP contribution is 2.43. The Balaban J connectivity index is 4.37. The van der Waals surface area contributed by atoms with Crippen LogP contribution in [0.4, 0.5) is 0 Å². The van der Waals surface area contributed by atoms with E-state index in [1.54, 1.807) is 0 Å². The molecule has 0 amide bonds. The molecule has 54 heavy (non-hydrogen) atoms. The molecule has 0 aliphatic rings. The largest absolute Gasteiger partial charge is 0.472 e. The third kappa shape index (κ3) is 38.5. The van der Waals surface area contributed by atoms with Crippen LogP contribution >= 0.6 is 7.82 Å². The fourth-order valence-electron chi connectivity index (χ4n) is 5.71. The van der Waals surface area contributed by atoms with Crippen LogP contribution in [-0.2, 0) is 32.7 Å². The van der Waals surface area contributed by atoms with Crippen LogP contribution < -0.4 is 0 Å². The van der Waals surface area contributed by atoms with E-state index in [0.717, 1.165) is 38.5 Å². The monoisotopic (exact) mass is 787 g/mol. The first kappa shape index (κ1) is 52.2. The summed E-state index contributed by atoms with van der Waals surface area (Å²) in [6.07, 6.45) is 39.7. The maximum atomic E-state index is 12.6. The molecule has 0 aliphatic heterocycles. The molecule has 0 saturated heterocycles. The maximum absolute atomic E-state index is 12.6. The highest BCUT2D eigenvalue weighted by atomic mass is 31.2. The number of unbranched alkanes of at least 4 members (excludes halogenated alkanes) is 20. The summed E-state index contributed by atoms with van der Waals surface area (Å²) in [6.45, 7) is 2.32. The SMILES string of the molecule is CCCCCCCC/C=C/C/C=C/C/C=C/CCCC(=O)OC[C@H](COP(=O)(O)OC[C@@H](O)CO)OC(=O)CCCCCCCCCCCCCCCC. The number of hydrogen-bond acceptors (Lipinski definition) is 9. The van der Waals surface area contributed by atoms with Gasteiger partial charge in [0.1, 0.15) is 12.7 Å². The van der Waals surface area contributed by atoms with Gasteiger partial charge < -0.3 is 24.6 Å². The summed E-state index contributed by atoms with van der Waals surface area (Å²) in [7, 11) is -4.62. The second-order valence-electron chi connectivity index (χ2n) is 14.4. The average Bonchev–Trinajstić information content (AvgIpc) is 3.16. The van der Waals surface area contributed by atoms with Crippen LogP contribution in [0.15, 0.2) is 36.5 Å². The zero-order valence-corrected chi connectivity index (χ0v) is 35.1. The Kier molecular flexibility index (Phi) is 38.1. The number of aliphatic hydroxyl groups is 2.